The summed E-state index contributed by atoms with van der Waals surface area (Å²) in [6, 6.07) is 12.7. The molecular weight excluding hydrogens is 640 g/mol. The number of fused-ring (bicyclic) bond motifs is 6. The van der Waals surface area contributed by atoms with Crippen molar-refractivity contribution >= 4 is 46.6 Å². The summed E-state index contributed by atoms with van der Waals surface area (Å²) in [6.45, 7) is -0.00174. The second kappa shape index (κ2) is 12.1. The Morgan fingerprint density at radius 2 is 1.50 bits per heavy atom. The van der Waals surface area contributed by atoms with Gasteiger partial charge in [-0.15, -0.1) is 0 Å². The van der Waals surface area contributed by atoms with Gasteiger partial charge in [-0.1, -0.05) is 6.07 Å². The van der Waals surface area contributed by atoms with E-state index in [4.69, 9.17) is 21.7 Å². The number of carbonyl (C=O) groups is 4. The van der Waals surface area contributed by atoms with Crippen molar-refractivity contribution in [1.82, 2.24) is 15.1 Å². The highest BCUT2D eigenvalue weighted by Crippen LogP contribution is 2.57. The van der Waals surface area contributed by atoms with E-state index in [9.17, 15) is 34.5 Å². The molecule has 4 heterocycles. The molecule has 0 aromatic heterocycles. The van der Waals surface area contributed by atoms with Crippen LogP contribution in [0.1, 0.15) is 52.7 Å². The highest BCUT2D eigenvalue weighted by molar-refractivity contribution is 7.80. The number of ether oxygens (including phenoxy) is 2. The molecule has 3 aromatic carbocycles. The van der Waals surface area contributed by atoms with Gasteiger partial charge >= 0.3 is 5.97 Å². The van der Waals surface area contributed by atoms with E-state index in [1.165, 1.54) is 34.1 Å². The van der Waals surface area contributed by atoms with Gasteiger partial charge in [0.15, 0.2) is 16.5 Å². The van der Waals surface area contributed by atoms with E-state index in [0.29, 0.717) is 61.2 Å². The number of phenols is 2. The molecule has 2 amide bonds. The number of likely N-dealkylation sites (tertiary alicyclic amines) is 2. The number of anilines is 1. The van der Waals surface area contributed by atoms with Gasteiger partial charge in [0.05, 0.1) is 18.2 Å². The fourth-order valence-corrected chi connectivity index (χ4v) is 7.39. The molecule has 0 radical (unpaired) electrons. The number of aromatic hydroxyl groups is 2. The molecule has 0 bridgehead atoms. The molecule has 5 N–H and O–H groups in total. The Balaban J connectivity index is 1.06. The summed E-state index contributed by atoms with van der Waals surface area (Å²) in [5.41, 5.74) is 0.850. The van der Waals surface area contributed by atoms with Crippen molar-refractivity contribution in [3.63, 3.8) is 0 Å². The SMILES string of the molecule is O=C1OC2(c3ccc(O)cc3Oc3cc(O)ccc32)c2ccc(NC(=S)NCC(=O)N3CCC[C@H]3C(=O)N3CCC[C@H]3C(=O)CO)cc21. The number of ketones is 1. The third-order valence-electron chi connectivity index (χ3n) is 9.35. The first-order valence-corrected chi connectivity index (χ1v) is 16.0. The summed E-state index contributed by atoms with van der Waals surface area (Å²) < 4.78 is 12.1. The molecule has 4 aliphatic heterocycles. The lowest BCUT2D eigenvalue weighted by Crippen LogP contribution is -2.53. The minimum absolute atomic E-state index is 0.0438. The van der Waals surface area contributed by atoms with Crippen molar-refractivity contribution < 1.29 is 44.0 Å². The Hall–Kier alpha value is -5.21. The first-order valence-electron chi connectivity index (χ1n) is 15.6. The van der Waals surface area contributed by atoms with Crippen LogP contribution < -0.4 is 15.4 Å². The summed E-state index contributed by atoms with van der Waals surface area (Å²) in [5, 5.41) is 35.6. The molecule has 7 rings (SSSR count). The number of aliphatic hydroxyl groups excluding tert-OH is 1. The molecule has 48 heavy (non-hydrogen) atoms. The Bertz CT molecular complexity index is 1830. The van der Waals surface area contributed by atoms with Gasteiger partial charge in [-0.25, -0.2) is 4.79 Å². The zero-order valence-corrected chi connectivity index (χ0v) is 26.4. The molecule has 0 saturated carbocycles. The molecule has 248 valence electrons. The number of rotatable bonds is 6. The van der Waals surface area contributed by atoms with E-state index in [-0.39, 0.29) is 52.0 Å². The van der Waals surface area contributed by atoms with Crippen molar-refractivity contribution in [2.45, 2.75) is 43.4 Å². The summed E-state index contributed by atoms with van der Waals surface area (Å²) >= 11 is 5.45. The second-order valence-corrected chi connectivity index (χ2v) is 12.6. The summed E-state index contributed by atoms with van der Waals surface area (Å²) in [6.07, 6.45) is 2.29. The van der Waals surface area contributed by atoms with E-state index in [2.05, 4.69) is 10.6 Å². The lowest BCUT2D eigenvalue weighted by atomic mass is 9.77. The van der Waals surface area contributed by atoms with E-state index >= 15 is 0 Å². The molecule has 4 aliphatic rings. The number of amides is 2. The predicted molar refractivity (Wildman–Crippen MR) is 174 cm³/mol. The lowest BCUT2D eigenvalue weighted by Gasteiger charge is -2.36. The maximum Gasteiger partial charge on any atom is 0.340 e. The first-order chi connectivity index (χ1) is 23.1. The summed E-state index contributed by atoms with van der Waals surface area (Å²) in [5.74, 6) is -1.15. The van der Waals surface area contributed by atoms with Crippen LogP contribution >= 0.6 is 12.2 Å². The van der Waals surface area contributed by atoms with Gasteiger partial charge in [0.1, 0.15) is 35.6 Å². The van der Waals surface area contributed by atoms with Crippen LogP contribution in [0.3, 0.4) is 0 Å². The van der Waals surface area contributed by atoms with Crippen molar-refractivity contribution in [3.05, 3.63) is 76.9 Å². The smallest absolute Gasteiger partial charge is 0.340 e. The number of benzene rings is 3. The number of hydrogen-bond acceptors (Lipinski definition) is 10. The van der Waals surface area contributed by atoms with Gasteiger partial charge in [-0.05, 0) is 74.3 Å². The first kappa shape index (κ1) is 31.4. The predicted octanol–water partition coefficient (Wildman–Crippen LogP) is 2.50. The zero-order chi connectivity index (χ0) is 33.7. The molecule has 1 spiro atoms. The van der Waals surface area contributed by atoms with E-state index in [0.717, 1.165) is 0 Å². The maximum absolute atomic E-state index is 13.4. The maximum atomic E-state index is 13.4. The topological polar surface area (TPSA) is 178 Å². The van der Waals surface area contributed by atoms with Gasteiger partial charge in [-0.2, -0.15) is 0 Å². The molecule has 0 unspecified atom stereocenters. The number of Topliss-reactive ketones (excluding diaryl/α,β-unsaturated/α-hetero) is 1. The molecule has 2 fully saturated rings. The molecule has 2 saturated heterocycles. The van der Waals surface area contributed by atoms with Crippen molar-refractivity contribution in [1.29, 1.82) is 0 Å². The number of carbonyl (C=O) groups excluding carboxylic acids is 4. The third kappa shape index (κ3) is 5.17. The van der Waals surface area contributed by atoms with Crippen LogP contribution in [0.25, 0.3) is 0 Å². The second-order valence-electron chi connectivity index (χ2n) is 12.2. The third-order valence-corrected chi connectivity index (χ3v) is 9.60. The minimum atomic E-state index is -1.40. The molecule has 3 aromatic rings. The highest BCUT2D eigenvalue weighted by atomic mass is 32.1. The van der Waals surface area contributed by atoms with Gasteiger partial charge in [0, 0.05) is 47.6 Å². The standard InChI is InChI=1S/C34H32N4O9S/c39-17-27(42)25-3-1-12-38(25)31(44)26-4-2-11-37(26)30(43)16-35-33(48)36-18-5-8-22-21(13-18)32(45)47-34(22)23-9-6-19(40)14-28(23)46-29-15-20(41)7-10-24(29)34/h5-10,13-15,25-26,39-41H,1-4,11-12,16-17H2,(H2,35,36,48)/t25-,26-/m0/s1. The van der Waals surface area contributed by atoms with Gasteiger partial charge in [0.25, 0.3) is 0 Å². The van der Waals surface area contributed by atoms with Crippen molar-refractivity contribution in [2.75, 3.05) is 31.6 Å². The Morgan fingerprint density at radius 1 is 0.875 bits per heavy atom. The number of phenolic OH excluding ortho intramolecular Hbond substituents is 2. The Morgan fingerprint density at radius 3 is 2.17 bits per heavy atom. The monoisotopic (exact) mass is 672 g/mol. The summed E-state index contributed by atoms with van der Waals surface area (Å²) in [4.78, 5) is 55.1. The molecular formula is C34H32N4O9S. The van der Waals surface area contributed by atoms with Crippen LogP contribution in [0, 0.1) is 0 Å². The molecule has 0 aliphatic carbocycles. The normalized spacial score (nSPS) is 20.0. The van der Waals surface area contributed by atoms with Crippen molar-refractivity contribution in [2.24, 2.45) is 0 Å². The van der Waals surface area contributed by atoms with Crippen LogP contribution in [0.2, 0.25) is 0 Å². The average molecular weight is 673 g/mol. The molecule has 14 heteroatoms. The average Bonchev–Trinajstić information content (AvgIpc) is 3.82. The number of aliphatic hydroxyl groups is 1. The number of nitrogens with one attached hydrogen (secondary N) is 2. The van der Waals surface area contributed by atoms with E-state index in [1.54, 1.807) is 30.3 Å². The Kier molecular flexibility index (Phi) is 7.92. The zero-order valence-electron chi connectivity index (χ0n) is 25.6. The fourth-order valence-electron chi connectivity index (χ4n) is 7.20. The van der Waals surface area contributed by atoms with E-state index in [1.807, 2.05) is 0 Å². The van der Waals surface area contributed by atoms with E-state index < -0.39 is 36.0 Å². The number of nitrogens with zero attached hydrogens (tertiary/aromatic N) is 2. The largest absolute Gasteiger partial charge is 0.508 e. The van der Waals surface area contributed by atoms with Crippen LogP contribution in [0.15, 0.2) is 54.6 Å². The van der Waals surface area contributed by atoms with Crippen LogP contribution in [-0.4, -0.2) is 92.1 Å². The molecule has 13 nitrogen and oxygen atoms in total. The summed E-state index contributed by atoms with van der Waals surface area (Å²) in [7, 11) is 0. The van der Waals surface area contributed by atoms with Crippen LogP contribution in [0.5, 0.6) is 23.0 Å². The van der Waals surface area contributed by atoms with Crippen LogP contribution in [-0.2, 0) is 24.7 Å². The lowest BCUT2D eigenvalue weighted by molar-refractivity contribution is -0.146. The van der Waals surface area contributed by atoms with Crippen molar-refractivity contribution in [3.8, 4) is 23.0 Å². The highest BCUT2D eigenvalue weighted by Gasteiger charge is 2.53. The van der Waals surface area contributed by atoms with Gasteiger partial charge in [0.2, 0.25) is 11.8 Å². The number of thiocarbonyl (C=S) groups is 1. The quantitative estimate of drug-likeness (QED) is 0.191. The number of hydrogen-bond donors (Lipinski definition) is 5. The Labute approximate surface area is 280 Å². The van der Waals surface area contributed by atoms with Gasteiger partial charge < -0.3 is 45.2 Å². The van der Waals surface area contributed by atoms with Gasteiger partial charge in [-0.3, -0.25) is 14.4 Å². The number of esters is 1. The fraction of sp³-hybridized carbons (Fsp3) is 0.324. The molecule has 2 atom stereocenters. The minimum Gasteiger partial charge on any atom is -0.508 e. The van der Waals surface area contributed by atoms with Crippen LogP contribution in [0.4, 0.5) is 5.69 Å².